The molecule has 3 aromatic carbocycles. The summed E-state index contributed by atoms with van der Waals surface area (Å²) in [5, 5.41) is 8.94. The Morgan fingerprint density at radius 3 is 2.33 bits per heavy atom. The van der Waals surface area contributed by atoms with Crippen LogP contribution in [0.5, 0.6) is 0 Å². The highest BCUT2D eigenvalue weighted by molar-refractivity contribution is 5.94. The number of fused-ring (bicyclic) bond motifs is 1. The van der Waals surface area contributed by atoms with Gasteiger partial charge in [-0.3, -0.25) is 10.1 Å². The molecule has 1 amide bonds. The molecule has 0 bridgehead atoms. The van der Waals surface area contributed by atoms with Gasteiger partial charge in [-0.15, -0.1) is 0 Å². The van der Waals surface area contributed by atoms with E-state index in [1.54, 1.807) is 0 Å². The molecule has 1 aliphatic rings. The molecule has 1 fully saturated rings. The van der Waals surface area contributed by atoms with Crippen molar-refractivity contribution in [2.24, 2.45) is 0 Å². The molecule has 1 saturated heterocycles. The molecule has 4 rings (SSSR count). The molecular weight excluding hydrogens is 370 g/mol. The summed E-state index contributed by atoms with van der Waals surface area (Å²) in [6.07, 6.45) is 3.85. The van der Waals surface area contributed by atoms with Crippen molar-refractivity contribution in [3.05, 3.63) is 72.3 Å². The Labute approximate surface area is 179 Å². The van der Waals surface area contributed by atoms with Crippen molar-refractivity contribution in [3.8, 4) is 0 Å². The van der Waals surface area contributed by atoms with Crippen molar-refractivity contribution < 1.29 is 4.79 Å². The minimum Gasteiger partial charge on any atom is -0.372 e. The van der Waals surface area contributed by atoms with E-state index in [-0.39, 0.29) is 18.0 Å². The van der Waals surface area contributed by atoms with Crippen LogP contribution in [-0.2, 0) is 4.79 Å². The fourth-order valence-electron chi connectivity index (χ4n) is 4.33. The second-order valence-electron chi connectivity index (χ2n) is 8.26. The van der Waals surface area contributed by atoms with E-state index >= 15 is 0 Å². The van der Waals surface area contributed by atoms with E-state index in [2.05, 4.69) is 77.1 Å². The van der Waals surface area contributed by atoms with Gasteiger partial charge in [0.15, 0.2) is 0 Å². The summed E-state index contributed by atoms with van der Waals surface area (Å²) in [4.78, 5) is 15.2. The maximum absolute atomic E-state index is 12.7. The van der Waals surface area contributed by atoms with E-state index in [0.29, 0.717) is 0 Å². The Bertz CT molecular complexity index is 987. The molecule has 0 saturated carbocycles. The predicted octanol–water partition coefficient (Wildman–Crippen LogP) is 5.51. The highest BCUT2D eigenvalue weighted by Crippen LogP contribution is 2.25. The molecule has 0 unspecified atom stereocenters. The molecule has 3 aromatic rings. The van der Waals surface area contributed by atoms with E-state index in [1.165, 1.54) is 41.3 Å². The van der Waals surface area contributed by atoms with Crippen LogP contribution in [0.2, 0.25) is 0 Å². The lowest BCUT2D eigenvalue weighted by Crippen LogP contribution is -2.39. The van der Waals surface area contributed by atoms with Crippen LogP contribution in [0.3, 0.4) is 0 Å². The summed E-state index contributed by atoms with van der Waals surface area (Å²) in [6.45, 7) is 6.27. The van der Waals surface area contributed by atoms with Gasteiger partial charge < -0.3 is 10.2 Å². The number of carbonyl (C=O) groups is 1. The topological polar surface area (TPSA) is 44.4 Å². The van der Waals surface area contributed by atoms with Crippen molar-refractivity contribution in [1.29, 1.82) is 0 Å². The van der Waals surface area contributed by atoms with Crippen molar-refractivity contribution in [2.45, 2.75) is 45.2 Å². The van der Waals surface area contributed by atoms with E-state index in [0.717, 1.165) is 18.8 Å². The first-order chi connectivity index (χ1) is 14.6. The number of nitrogens with one attached hydrogen (secondary N) is 2. The number of anilines is 2. The molecule has 0 aliphatic carbocycles. The first-order valence-corrected chi connectivity index (χ1v) is 11.0. The first kappa shape index (κ1) is 20.4. The van der Waals surface area contributed by atoms with Crippen LogP contribution in [-0.4, -0.2) is 25.0 Å². The van der Waals surface area contributed by atoms with Crippen molar-refractivity contribution in [2.75, 3.05) is 23.3 Å². The zero-order chi connectivity index (χ0) is 20.9. The number of carbonyl (C=O) groups excluding carboxylic acids is 1. The minimum atomic E-state index is -0.305. The van der Waals surface area contributed by atoms with E-state index in [9.17, 15) is 4.79 Å². The Kier molecular flexibility index (Phi) is 6.34. The Morgan fingerprint density at radius 2 is 1.57 bits per heavy atom. The van der Waals surface area contributed by atoms with E-state index in [1.807, 2.05) is 19.1 Å². The van der Waals surface area contributed by atoms with Crippen LogP contribution in [0.4, 0.5) is 11.4 Å². The van der Waals surface area contributed by atoms with Crippen molar-refractivity contribution in [1.82, 2.24) is 5.32 Å². The SMILES string of the molecule is C[C@H](N[C@H](C)C(=O)Nc1ccc(N2CCCCC2)cc1)c1cccc2ccccc12. The minimum absolute atomic E-state index is 0.0205. The van der Waals surface area contributed by atoms with Crippen molar-refractivity contribution in [3.63, 3.8) is 0 Å². The second kappa shape index (κ2) is 9.31. The van der Waals surface area contributed by atoms with Crippen LogP contribution in [0, 0.1) is 0 Å². The molecule has 4 nitrogen and oxygen atoms in total. The summed E-state index contributed by atoms with van der Waals surface area (Å²) < 4.78 is 0. The van der Waals surface area contributed by atoms with Crippen LogP contribution in [0.1, 0.15) is 44.7 Å². The maximum Gasteiger partial charge on any atom is 0.241 e. The third-order valence-electron chi connectivity index (χ3n) is 6.04. The Hall–Kier alpha value is -2.85. The molecule has 30 heavy (non-hydrogen) atoms. The standard InChI is InChI=1S/C26H31N3O/c1-19(24-12-8-10-21-9-4-5-11-25(21)24)27-20(2)26(30)28-22-13-15-23(16-14-22)29-17-6-3-7-18-29/h4-5,8-16,19-20,27H,3,6-7,17-18H2,1-2H3,(H,28,30)/t19-,20+/m0/s1. The van der Waals surface area contributed by atoms with Gasteiger partial charge in [-0.2, -0.15) is 0 Å². The number of benzene rings is 3. The zero-order valence-electron chi connectivity index (χ0n) is 17.9. The molecule has 2 atom stereocenters. The summed E-state index contributed by atoms with van der Waals surface area (Å²) in [5.41, 5.74) is 3.29. The molecule has 0 radical (unpaired) electrons. The number of hydrogen-bond donors (Lipinski definition) is 2. The maximum atomic E-state index is 12.7. The lowest BCUT2D eigenvalue weighted by molar-refractivity contribution is -0.117. The summed E-state index contributed by atoms with van der Waals surface area (Å²) in [5.74, 6) is -0.0205. The molecule has 156 valence electrons. The predicted molar refractivity (Wildman–Crippen MR) is 126 cm³/mol. The third kappa shape index (κ3) is 4.65. The van der Waals surface area contributed by atoms with Gasteiger partial charge in [-0.1, -0.05) is 42.5 Å². The fraction of sp³-hybridized carbons (Fsp3) is 0.346. The van der Waals surface area contributed by atoms with E-state index in [4.69, 9.17) is 0 Å². The summed E-state index contributed by atoms with van der Waals surface area (Å²) >= 11 is 0. The molecule has 0 aromatic heterocycles. The van der Waals surface area contributed by atoms with Gasteiger partial charge in [0.1, 0.15) is 0 Å². The number of hydrogen-bond acceptors (Lipinski definition) is 3. The average Bonchev–Trinajstić information content (AvgIpc) is 2.79. The fourth-order valence-corrected chi connectivity index (χ4v) is 4.33. The Morgan fingerprint density at radius 1 is 0.867 bits per heavy atom. The molecular formula is C26H31N3O. The molecule has 1 aliphatic heterocycles. The highest BCUT2D eigenvalue weighted by Gasteiger charge is 2.18. The van der Waals surface area contributed by atoms with Gasteiger partial charge in [0.05, 0.1) is 6.04 Å². The number of nitrogens with zero attached hydrogens (tertiary/aromatic N) is 1. The van der Waals surface area contributed by atoms with Crippen molar-refractivity contribution >= 4 is 28.1 Å². The molecule has 1 heterocycles. The smallest absolute Gasteiger partial charge is 0.241 e. The number of rotatable bonds is 6. The van der Waals surface area contributed by atoms with Gasteiger partial charge in [0, 0.05) is 30.5 Å². The number of amides is 1. The van der Waals surface area contributed by atoms with Gasteiger partial charge in [-0.25, -0.2) is 0 Å². The molecule has 4 heteroatoms. The summed E-state index contributed by atoms with van der Waals surface area (Å²) in [7, 11) is 0. The lowest BCUT2D eigenvalue weighted by atomic mass is 9.99. The lowest BCUT2D eigenvalue weighted by Gasteiger charge is -2.29. The van der Waals surface area contributed by atoms with Crippen LogP contribution in [0.15, 0.2) is 66.7 Å². The summed E-state index contributed by atoms with van der Waals surface area (Å²) in [6, 6.07) is 22.7. The molecule has 0 spiro atoms. The average molecular weight is 402 g/mol. The largest absolute Gasteiger partial charge is 0.372 e. The van der Waals surface area contributed by atoms with Crippen LogP contribution >= 0.6 is 0 Å². The third-order valence-corrected chi connectivity index (χ3v) is 6.04. The molecule has 2 N–H and O–H groups in total. The van der Waals surface area contributed by atoms with Crippen LogP contribution in [0.25, 0.3) is 10.8 Å². The van der Waals surface area contributed by atoms with Gasteiger partial charge in [-0.05, 0) is 73.7 Å². The van der Waals surface area contributed by atoms with Gasteiger partial charge in [0.25, 0.3) is 0 Å². The number of piperidine rings is 1. The highest BCUT2D eigenvalue weighted by atomic mass is 16.2. The van der Waals surface area contributed by atoms with Gasteiger partial charge in [0.2, 0.25) is 5.91 Å². The van der Waals surface area contributed by atoms with Gasteiger partial charge >= 0.3 is 0 Å². The van der Waals surface area contributed by atoms with E-state index < -0.39 is 0 Å². The second-order valence-corrected chi connectivity index (χ2v) is 8.26. The Balaban J connectivity index is 1.37. The monoisotopic (exact) mass is 401 g/mol. The first-order valence-electron chi connectivity index (χ1n) is 11.0. The normalized spacial score (nSPS) is 16.3. The van der Waals surface area contributed by atoms with Crippen LogP contribution < -0.4 is 15.5 Å². The quantitative estimate of drug-likeness (QED) is 0.573. The zero-order valence-corrected chi connectivity index (χ0v) is 17.9.